The van der Waals surface area contributed by atoms with Gasteiger partial charge in [-0.2, -0.15) is 0 Å². The standard InChI is InChI=1S/C16H14N4O3/c1-18-14-13(15(22)19(2)16(18)23)20(10-17-14)12(21)9-8-11-6-4-3-5-7-11/h3-10H,1-2H3/b9-8-. The van der Waals surface area contributed by atoms with Crippen LogP contribution < -0.4 is 11.2 Å². The number of aryl methyl sites for hydroxylation is 1. The number of allylic oxidation sites excluding steroid dienone is 1. The van der Waals surface area contributed by atoms with Gasteiger partial charge in [0.05, 0.1) is 0 Å². The summed E-state index contributed by atoms with van der Waals surface area (Å²) in [7, 11) is 2.87. The molecular weight excluding hydrogens is 296 g/mol. The first-order valence-corrected chi connectivity index (χ1v) is 6.91. The smallest absolute Gasteiger partial charge is 0.279 e. The molecule has 0 aliphatic heterocycles. The molecule has 0 aliphatic carbocycles. The third kappa shape index (κ3) is 2.42. The van der Waals surface area contributed by atoms with Crippen LogP contribution in [0.2, 0.25) is 0 Å². The van der Waals surface area contributed by atoms with E-state index in [1.54, 1.807) is 6.08 Å². The second-order valence-corrected chi connectivity index (χ2v) is 5.07. The number of carbonyl (C=O) groups is 1. The van der Waals surface area contributed by atoms with Crippen molar-refractivity contribution in [3.63, 3.8) is 0 Å². The fourth-order valence-electron chi connectivity index (χ4n) is 2.32. The molecule has 116 valence electrons. The number of fused-ring (bicyclic) bond motifs is 1. The number of rotatable bonds is 2. The molecule has 3 rings (SSSR count). The Morgan fingerprint density at radius 3 is 2.48 bits per heavy atom. The number of nitrogens with zero attached hydrogens (tertiary/aromatic N) is 4. The molecule has 0 bridgehead atoms. The maximum atomic E-state index is 12.4. The van der Waals surface area contributed by atoms with E-state index in [1.165, 1.54) is 31.1 Å². The van der Waals surface area contributed by atoms with Crippen LogP contribution in [0.25, 0.3) is 17.2 Å². The van der Waals surface area contributed by atoms with Crippen LogP contribution in [0.3, 0.4) is 0 Å². The molecule has 0 atom stereocenters. The number of hydrogen-bond donors (Lipinski definition) is 0. The molecule has 0 saturated heterocycles. The van der Waals surface area contributed by atoms with Gasteiger partial charge in [0, 0.05) is 20.2 Å². The lowest BCUT2D eigenvalue weighted by molar-refractivity contribution is 0.0974. The Labute approximate surface area is 130 Å². The molecule has 1 aromatic carbocycles. The average Bonchev–Trinajstić information content (AvgIpc) is 3.02. The molecule has 0 spiro atoms. The molecule has 0 N–H and O–H groups in total. The molecule has 2 aromatic heterocycles. The summed E-state index contributed by atoms with van der Waals surface area (Å²) in [6.07, 6.45) is 4.27. The fourth-order valence-corrected chi connectivity index (χ4v) is 2.32. The Morgan fingerprint density at radius 2 is 1.78 bits per heavy atom. The zero-order valence-corrected chi connectivity index (χ0v) is 12.6. The highest BCUT2D eigenvalue weighted by Crippen LogP contribution is 2.07. The van der Waals surface area contributed by atoms with Gasteiger partial charge in [0.15, 0.2) is 11.2 Å². The highest BCUT2D eigenvalue weighted by molar-refractivity contribution is 5.98. The summed E-state index contributed by atoms with van der Waals surface area (Å²) in [4.78, 5) is 40.5. The van der Waals surface area contributed by atoms with Crippen LogP contribution in [0.5, 0.6) is 0 Å². The van der Waals surface area contributed by atoms with Crippen molar-refractivity contribution in [2.75, 3.05) is 0 Å². The number of aromatic nitrogens is 4. The first-order chi connectivity index (χ1) is 11.0. The van der Waals surface area contributed by atoms with Crippen molar-refractivity contribution in [2.45, 2.75) is 0 Å². The van der Waals surface area contributed by atoms with Crippen LogP contribution in [0.4, 0.5) is 0 Å². The minimum absolute atomic E-state index is 0.0808. The molecule has 0 fully saturated rings. The van der Waals surface area contributed by atoms with Crippen LogP contribution in [0, 0.1) is 0 Å². The number of hydrogen-bond acceptors (Lipinski definition) is 4. The Hall–Kier alpha value is -3.22. The summed E-state index contributed by atoms with van der Waals surface area (Å²) in [5, 5.41) is 0. The molecule has 23 heavy (non-hydrogen) atoms. The van der Waals surface area contributed by atoms with E-state index in [1.807, 2.05) is 30.3 Å². The van der Waals surface area contributed by atoms with E-state index in [0.717, 1.165) is 14.7 Å². The number of carbonyl (C=O) groups excluding carboxylic acids is 1. The summed E-state index contributed by atoms with van der Waals surface area (Å²) >= 11 is 0. The molecule has 0 aliphatic rings. The summed E-state index contributed by atoms with van der Waals surface area (Å²) in [5.74, 6) is -0.410. The second-order valence-electron chi connectivity index (χ2n) is 5.07. The highest BCUT2D eigenvalue weighted by Gasteiger charge is 2.16. The first kappa shape index (κ1) is 14.7. The van der Waals surface area contributed by atoms with Crippen molar-refractivity contribution in [1.29, 1.82) is 0 Å². The van der Waals surface area contributed by atoms with Crippen molar-refractivity contribution in [3.8, 4) is 0 Å². The van der Waals surface area contributed by atoms with E-state index in [2.05, 4.69) is 4.98 Å². The zero-order chi connectivity index (χ0) is 16.6. The van der Waals surface area contributed by atoms with Crippen LogP contribution >= 0.6 is 0 Å². The van der Waals surface area contributed by atoms with Gasteiger partial charge < -0.3 is 0 Å². The molecule has 0 amide bonds. The predicted molar refractivity (Wildman–Crippen MR) is 86.3 cm³/mol. The quantitative estimate of drug-likeness (QED) is 0.656. The third-order valence-electron chi connectivity index (χ3n) is 3.60. The van der Waals surface area contributed by atoms with Gasteiger partial charge in [-0.3, -0.25) is 23.3 Å². The summed E-state index contributed by atoms with van der Waals surface area (Å²) in [6.45, 7) is 0. The SMILES string of the molecule is Cn1c(=O)c2c(ncn2C(=O)/C=C\c2ccccc2)n(C)c1=O. The maximum absolute atomic E-state index is 12.4. The van der Waals surface area contributed by atoms with Gasteiger partial charge >= 0.3 is 5.69 Å². The van der Waals surface area contributed by atoms with Crippen LogP contribution in [-0.2, 0) is 14.1 Å². The van der Waals surface area contributed by atoms with Gasteiger partial charge in [-0.1, -0.05) is 30.3 Å². The third-order valence-corrected chi connectivity index (χ3v) is 3.60. The summed E-state index contributed by atoms with van der Waals surface area (Å²) in [6, 6.07) is 9.33. The minimum atomic E-state index is -0.554. The van der Waals surface area contributed by atoms with Gasteiger partial charge in [0.25, 0.3) is 11.5 Å². The molecule has 0 saturated carbocycles. The van der Waals surface area contributed by atoms with Gasteiger partial charge in [-0.25, -0.2) is 9.78 Å². The van der Waals surface area contributed by atoms with E-state index in [0.29, 0.717) is 0 Å². The molecule has 0 unspecified atom stereocenters. The molecule has 7 heteroatoms. The van der Waals surface area contributed by atoms with E-state index < -0.39 is 17.2 Å². The van der Waals surface area contributed by atoms with Crippen molar-refractivity contribution in [2.24, 2.45) is 14.1 Å². The zero-order valence-electron chi connectivity index (χ0n) is 12.6. The maximum Gasteiger partial charge on any atom is 0.332 e. The Kier molecular flexibility index (Phi) is 3.53. The first-order valence-electron chi connectivity index (χ1n) is 6.91. The molecule has 3 aromatic rings. The van der Waals surface area contributed by atoms with E-state index >= 15 is 0 Å². The Bertz CT molecular complexity index is 1040. The monoisotopic (exact) mass is 310 g/mol. The van der Waals surface area contributed by atoms with Crippen molar-refractivity contribution in [3.05, 3.63) is 69.1 Å². The normalized spacial score (nSPS) is 11.4. The fraction of sp³-hybridized carbons (Fsp3) is 0.125. The van der Waals surface area contributed by atoms with Crippen LogP contribution in [-0.4, -0.2) is 24.6 Å². The molecule has 7 nitrogen and oxygen atoms in total. The predicted octanol–water partition coefficient (Wildman–Crippen LogP) is 0.787. The van der Waals surface area contributed by atoms with Gasteiger partial charge in [-0.05, 0) is 11.6 Å². The largest absolute Gasteiger partial charge is 0.332 e. The van der Waals surface area contributed by atoms with E-state index in [4.69, 9.17) is 0 Å². The lowest BCUT2D eigenvalue weighted by atomic mass is 10.2. The lowest BCUT2D eigenvalue weighted by Gasteiger charge is -2.04. The Morgan fingerprint density at radius 1 is 1.09 bits per heavy atom. The number of benzene rings is 1. The molecule has 2 heterocycles. The van der Waals surface area contributed by atoms with Gasteiger partial charge in [0.1, 0.15) is 6.33 Å². The Balaban J connectivity index is 2.11. The van der Waals surface area contributed by atoms with E-state index in [-0.39, 0.29) is 11.2 Å². The highest BCUT2D eigenvalue weighted by atomic mass is 16.2. The van der Waals surface area contributed by atoms with Crippen molar-refractivity contribution >= 4 is 23.1 Å². The van der Waals surface area contributed by atoms with E-state index in [9.17, 15) is 14.4 Å². The van der Waals surface area contributed by atoms with Crippen LogP contribution in [0.1, 0.15) is 10.4 Å². The summed E-state index contributed by atoms with van der Waals surface area (Å²) < 4.78 is 3.34. The van der Waals surface area contributed by atoms with Crippen molar-refractivity contribution in [1.82, 2.24) is 18.7 Å². The van der Waals surface area contributed by atoms with Crippen molar-refractivity contribution < 1.29 is 4.79 Å². The number of imidazole rings is 1. The van der Waals surface area contributed by atoms with Gasteiger partial charge in [-0.15, -0.1) is 0 Å². The molecular formula is C16H14N4O3. The lowest BCUT2D eigenvalue weighted by Crippen LogP contribution is -2.37. The summed E-state index contributed by atoms with van der Waals surface area (Å²) in [5.41, 5.74) is 0.0875. The molecule has 0 radical (unpaired) electrons. The topological polar surface area (TPSA) is 78.9 Å². The van der Waals surface area contributed by atoms with Crippen LogP contribution in [0.15, 0.2) is 52.3 Å². The van der Waals surface area contributed by atoms with Gasteiger partial charge in [0.2, 0.25) is 0 Å². The second kappa shape index (κ2) is 5.53. The minimum Gasteiger partial charge on any atom is -0.279 e. The average molecular weight is 310 g/mol.